The van der Waals surface area contributed by atoms with Crippen molar-refractivity contribution in [2.24, 2.45) is 0 Å². The summed E-state index contributed by atoms with van der Waals surface area (Å²) in [4.78, 5) is 16.2. The molecule has 2 aliphatic rings. The van der Waals surface area contributed by atoms with Gasteiger partial charge >= 0.3 is 5.97 Å². The zero-order valence-corrected chi connectivity index (χ0v) is 12.4. The summed E-state index contributed by atoms with van der Waals surface area (Å²) in [6, 6.07) is 6.02. The van der Waals surface area contributed by atoms with Crippen LogP contribution in [0.3, 0.4) is 0 Å². The van der Waals surface area contributed by atoms with Crippen LogP contribution in [0.5, 0.6) is 0 Å². The monoisotopic (exact) mass is 290 g/mol. The fourth-order valence-electron chi connectivity index (χ4n) is 3.44. The quantitative estimate of drug-likeness (QED) is 0.916. The summed E-state index contributed by atoms with van der Waals surface area (Å²) in [6.45, 7) is 7.40. The van der Waals surface area contributed by atoms with E-state index in [2.05, 4.69) is 9.80 Å². The van der Waals surface area contributed by atoms with Crippen LogP contribution in [0.25, 0.3) is 0 Å². The van der Waals surface area contributed by atoms with Crippen LogP contribution < -0.4 is 4.90 Å². The van der Waals surface area contributed by atoms with Crippen LogP contribution in [-0.4, -0.2) is 61.4 Å². The van der Waals surface area contributed by atoms with E-state index in [1.54, 1.807) is 6.07 Å². The Hall–Kier alpha value is -1.59. The van der Waals surface area contributed by atoms with E-state index >= 15 is 0 Å². The third-order valence-electron chi connectivity index (χ3n) is 4.51. The maximum Gasteiger partial charge on any atom is 0.337 e. The maximum absolute atomic E-state index is 11.5. The number of hydrogen-bond acceptors (Lipinski definition) is 4. The van der Waals surface area contributed by atoms with Crippen LogP contribution in [0, 0.1) is 6.92 Å². The van der Waals surface area contributed by atoms with Crippen LogP contribution in [-0.2, 0) is 4.74 Å². The molecule has 2 aliphatic heterocycles. The third-order valence-corrected chi connectivity index (χ3v) is 4.51. The van der Waals surface area contributed by atoms with Gasteiger partial charge in [0.2, 0.25) is 0 Å². The Labute approximate surface area is 125 Å². The number of para-hydroxylation sites is 1. The summed E-state index contributed by atoms with van der Waals surface area (Å²) in [5.41, 5.74) is 2.34. The molecule has 0 radical (unpaired) electrons. The summed E-state index contributed by atoms with van der Waals surface area (Å²) in [5, 5.41) is 9.41. The number of hydrogen-bond donors (Lipinski definition) is 1. The summed E-state index contributed by atoms with van der Waals surface area (Å²) >= 11 is 0. The Morgan fingerprint density at radius 1 is 1.29 bits per heavy atom. The molecule has 5 heteroatoms. The molecule has 0 spiro atoms. The molecule has 21 heavy (non-hydrogen) atoms. The molecule has 0 saturated carbocycles. The van der Waals surface area contributed by atoms with Gasteiger partial charge in [0.1, 0.15) is 0 Å². The molecule has 1 aromatic carbocycles. The van der Waals surface area contributed by atoms with Gasteiger partial charge in [0.05, 0.1) is 24.5 Å². The molecular weight excluding hydrogens is 268 g/mol. The molecule has 0 amide bonds. The van der Waals surface area contributed by atoms with Crippen LogP contribution in [0.4, 0.5) is 5.69 Å². The summed E-state index contributed by atoms with van der Waals surface area (Å²) < 4.78 is 5.41. The molecule has 5 nitrogen and oxygen atoms in total. The van der Waals surface area contributed by atoms with E-state index in [1.165, 1.54) is 0 Å². The molecule has 0 aromatic heterocycles. The number of aromatic carboxylic acids is 1. The normalized spacial score (nSPS) is 23.5. The van der Waals surface area contributed by atoms with Crippen molar-refractivity contribution in [3.8, 4) is 0 Å². The van der Waals surface area contributed by atoms with E-state index in [4.69, 9.17) is 4.74 Å². The van der Waals surface area contributed by atoms with Crippen LogP contribution >= 0.6 is 0 Å². The number of nitrogens with zero attached hydrogens (tertiary/aromatic N) is 2. The standard InChI is InChI=1S/C16H22N2O3/c1-12-3-2-4-14(16(19)20)15(12)18-6-5-13(11-18)17-7-9-21-10-8-17/h2-4,13H,5-11H2,1H3,(H,19,20). The molecule has 1 unspecified atom stereocenters. The number of ether oxygens (including phenoxy) is 1. The fourth-order valence-corrected chi connectivity index (χ4v) is 3.44. The summed E-state index contributed by atoms with van der Waals surface area (Å²) in [6.07, 6.45) is 1.09. The van der Waals surface area contributed by atoms with Gasteiger partial charge in [-0.15, -0.1) is 0 Å². The second-order valence-corrected chi connectivity index (χ2v) is 5.81. The topological polar surface area (TPSA) is 53.0 Å². The number of aryl methyl sites for hydroxylation is 1. The highest BCUT2D eigenvalue weighted by Crippen LogP contribution is 2.30. The molecule has 1 N–H and O–H groups in total. The molecular formula is C16H22N2O3. The zero-order valence-electron chi connectivity index (χ0n) is 12.4. The summed E-state index contributed by atoms with van der Waals surface area (Å²) in [5.74, 6) is -0.844. The highest BCUT2D eigenvalue weighted by molar-refractivity contribution is 5.95. The predicted octanol–water partition coefficient (Wildman–Crippen LogP) is 1.60. The zero-order chi connectivity index (χ0) is 14.8. The molecule has 2 saturated heterocycles. The number of carbonyl (C=O) groups is 1. The minimum Gasteiger partial charge on any atom is -0.478 e. The number of morpholine rings is 1. The van der Waals surface area contributed by atoms with Crippen LogP contribution in [0.1, 0.15) is 22.3 Å². The van der Waals surface area contributed by atoms with Crippen molar-refractivity contribution in [2.75, 3.05) is 44.3 Å². The van der Waals surface area contributed by atoms with E-state index in [0.29, 0.717) is 11.6 Å². The highest BCUT2D eigenvalue weighted by Gasteiger charge is 2.31. The first-order valence-electron chi connectivity index (χ1n) is 7.56. The molecule has 3 rings (SSSR count). The second kappa shape index (κ2) is 6.03. The van der Waals surface area contributed by atoms with Gasteiger partial charge < -0.3 is 14.7 Å². The van der Waals surface area contributed by atoms with Crippen molar-refractivity contribution >= 4 is 11.7 Å². The minimum absolute atomic E-state index is 0.414. The van der Waals surface area contributed by atoms with Crippen LogP contribution in [0.2, 0.25) is 0 Å². The lowest BCUT2D eigenvalue weighted by atomic mass is 10.1. The van der Waals surface area contributed by atoms with Gasteiger partial charge in [-0.1, -0.05) is 12.1 Å². The molecule has 2 fully saturated rings. The largest absolute Gasteiger partial charge is 0.478 e. The van der Waals surface area contributed by atoms with E-state index in [9.17, 15) is 9.90 Å². The molecule has 1 atom stereocenters. The third kappa shape index (κ3) is 2.89. The Kier molecular flexibility index (Phi) is 4.12. The Morgan fingerprint density at radius 3 is 2.76 bits per heavy atom. The molecule has 2 heterocycles. The number of rotatable bonds is 3. The first-order valence-corrected chi connectivity index (χ1v) is 7.56. The van der Waals surface area contributed by atoms with Gasteiger partial charge in [0.25, 0.3) is 0 Å². The van der Waals surface area contributed by atoms with E-state index < -0.39 is 5.97 Å². The van der Waals surface area contributed by atoms with Crippen molar-refractivity contribution in [1.82, 2.24) is 4.90 Å². The van der Waals surface area contributed by atoms with Gasteiger partial charge in [-0.25, -0.2) is 4.79 Å². The van der Waals surface area contributed by atoms with Crippen molar-refractivity contribution in [2.45, 2.75) is 19.4 Å². The summed E-state index contributed by atoms with van der Waals surface area (Å²) in [7, 11) is 0. The first kappa shape index (κ1) is 14.4. The van der Waals surface area contributed by atoms with Crippen molar-refractivity contribution in [3.05, 3.63) is 29.3 Å². The average molecular weight is 290 g/mol. The van der Waals surface area contributed by atoms with E-state index in [1.807, 2.05) is 19.1 Å². The van der Waals surface area contributed by atoms with Gasteiger partial charge in [-0.2, -0.15) is 0 Å². The lowest BCUT2D eigenvalue weighted by Crippen LogP contribution is -2.44. The number of carboxylic acid groups (broad SMARTS) is 1. The molecule has 0 bridgehead atoms. The van der Waals surface area contributed by atoms with Gasteiger partial charge in [0.15, 0.2) is 0 Å². The van der Waals surface area contributed by atoms with Crippen molar-refractivity contribution in [3.63, 3.8) is 0 Å². The van der Waals surface area contributed by atoms with Gasteiger partial charge in [0, 0.05) is 32.2 Å². The minimum atomic E-state index is -0.844. The molecule has 114 valence electrons. The van der Waals surface area contributed by atoms with Crippen LogP contribution in [0.15, 0.2) is 18.2 Å². The lowest BCUT2D eigenvalue weighted by Gasteiger charge is -2.32. The number of carboxylic acids is 1. The predicted molar refractivity (Wildman–Crippen MR) is 81.1 cm³/mol. The Bertz CT molecular complexity index is 526. The fraction of sp³-hybridized carbons (Fsp3) is 0.562. The maximum atomic E-state index is 11.5. The molecule has 0 aliphatic carbocycles. The van der Waals surface area contributed by atoms with E-state index in [-0.39, 0.29) is 0 Å². The number of anilines is 1. The first-order chi connectivity index (χ1) is 10.2. The van der Waals surface area contributed by atoms with Crippen molar-refractivity contribution < 1.29 is 14.6 Å². The second-order valence-electron chi connectivity index (χ2n) is 5.81. The Balaban J connectivity index is 1.78. The SMILES string of the molecule is Cc1cccc(C(=O)O)c1N1CCC(N2CCOCC2)C1. The van der Waals surface area contributed by atoms with Gasteiger partial charge in [-0.05, 0) is 25.0 Å². The lowest BCUT2D eigenvalue weighted by molar-refractivity contribution is 0.0209. The molecule has 1 aromatic rings. The highest BCUT2D eigenvalue weighted by atomic mass is 16.5. The Morgan fingerprint density at radius 2 is 2.05 bits per heavy atom. The van der Waals surface area contributed by atoms with E-state index in [0.717, 1.165) is 57.1 Å². The smallest absolute Gasteiger partial charge is 0.337 e. The van der Waals surface area contributed by atoms with Gasteiger partial charge in [-0.3, -0.25) is 4.90 Å². The number of benzene rings is 1. The average Bonchev–Trinajstić information content (AvgIpc) is 2.97. The van der Waals surface area contributed by atoms with Crippen molar-refractivity contribution in [1.29, 1.82) is 0 Å².